The molecule has 0 aliphatic rings. The van der Waals surface area contributed by atoms with Crippen molar-refractivity contribution in [3.8, 4) is 6.07 Å². The van der Waals surface area contributed by atoms with Crippen molar-refractivity contribution < 1.29 is 5.11 Å². The van der Waals surface area contributed by atoms with Crippen molar-refractivity contribution in [2.75, 3.05) is 13.2 Å². The molecule has 3 heteroatoms. The number of aliphatic hydroxyl groups is 1. The Balaban J connectivity index is 3.60. The van der Waals surface area contributed by atoms with Gasteiger partial charge in [0.1, 0.15) is 0 Å². The molecule has 2 N–H and O–H groups in total. The van der Waals surface area contributed by atoms with Gasteiger partial charge in [0.2, 0.25) is 0 Å². The highest BCUT2D eigenvalue weighted by atomic mass is 16.3. The van der Waals surface area contributed by atoms with Crippen LogP contribution in [0.5, 0.6) is 0 Å². The zero-order chi connectivity index (χ0) is 11.9. The number of nitriles is 1. The lowest BCUT2D eigenvalue weighted by atomic mass is 9.90. The minimum atomic E-state index is -0.215. The molecule has 2 atom stereocenters. The van der Waals surface area contributed by atoms with Crippen LogP contribution in [0.2, 0.25) is 0 Å². The predicted molar refractivity (Wildman–Crippen MR) is 62.3 cm³/mol. The number of nitrogens with one attached hydrogen (secondary N) is 1. The van der Waals surface area contributed by atoms with Crippen LogP contribution in [0.15, 0.2) is 0 Å². The summed E-state index contributed by atoms with van der Waals surface area (Å²) in [5.41, 5.74) is -0.215. The highest BCUT2D eigenvalue weighted by molar-refractivity contribution is 4.91. The molecule has 0 fully saturated rings. The summed E-state index contributed by atoms with van der Waals surface area (Å²) < 4.78 is 0. The first-order valence-electron chi connectivity index (χ1n) is 5.68. The van der Waals surface area contributed by atoms with Crippen molar-refractivity contribution in [3.05, 3.63) is 0 Å². The lowest BCUT2D eigenvalue weighted by Crippen LogP contribution is -2.34. The predicted octanol–water partition coefficient (Wildman–Crippen LogP) is 1.92. The molecule has 0 aromatic heterocycles. The summed E-state index contributed by atoms with van der Waals surface area (Å²) >= 11 is 0. The third-order valence-corrected chi connectivity index (χ3v) is 2.89. The Hall–Kier alpha value is -0.590. The van der Waals surface area contributed by atoms with E-state index in [4.69, 9.17) is 10.4 Å². The van der Waals surface area contributed by atoms with Crippen LogP contribution in [-0.4, -0.2) is 24.3 Å². The fourth-order valence-electron chi connectivity index (χ4n) is 1.28. The van der Waals surface area contributed by atoms with Gasteiger partial charge in [-0.1, -0.05) is 6.92 Å². The average molecular weight is 212 g/mol. The maximum Gasteiger partial charge on any atom is 0.0683 e. The second-order valence-corrected chi connectivity index (χ2v) is 5.00. The van der Waals surface area contributed by atoms with Crippen molar-refractivity contribution in [1.29, 1.82) is 5.26 Å². The first-order chi connectivity index (χ1) is 6.93. The van der Waals surface area contributed by atoms with Gasteiger partial charge in [0, 0.05) is 12.6 Å². The number of hydrogen-bond acceptors (Lipinski definition) is 3. The van der Waals surface area contributed by atoms with E-state index in [1.807, 2.05) is 20.8 Å². The molecule has 0 heterocycles. The van der Waals surface area contributed by atoms with E-state index in [2.05, 4.69) is 18.3 Å². The quantitative estimate of drug-likeness (QED) is 0.634. The summed E-state index contributed by atoms with van der Waals surface area (Å²) in [6.07, 6.45) is 1.92. The maximum absolute atomic E-state index is 8.95. The first-order valence-corrected chi connectivity index (χ1v) is 5.68. The molecule has 0 aromatic rings. The molecule has 3 nitrogen and oxygen atoms in total. The van der Waals surface area contributed by atoms with Crippen molar-refractivity contribution in [2.45, 2.75) is 46.6 Å². The number of rotatable bonds is 7. The smallest absolute Gasteiger partial charge is 0.0683 e. The van der Waals surface area contributed by atoms with Gasteiger partial charge in [0.25, 0.3) is 0 Å². The number of nitrogens with zero attached hydrogens (tertiary/aromatic N) is 1. The summed E-state index contributed by atoms with van der Waals surface area (Å²) in [6.45, 7) is 9.17. The van der Waals surface area contributed by atoms with Crippen LogP contribution < -0.4 is 5.32 Å². The minimum Gasteiger partial charge on any atom is -0.396 e. The zero-order valence-electron chi connectivity index (χ0n) is 10.4. The Morgan fingerprint density at radius 2 is 2.00 bits per heavy atom. The van der Waals surface area contributed by atoms with E-state index < -0.39 is 0 Å². The molecule has 0 bridgehead atoms. The summed E-state index contributed by atoms with van der Waals surface area (Å²) in [5.74, 6) is 0.286. The van der Waals surface area contributed by atoms with Gasteiger partial charge in [0.15, 0.2) is 0 Å². The monoisotopic (exact) mass is 212 g/mol. The van der Waals surface area contributed by atoms with Crippen LogP contribution in [0.3, 0.4) is 0 Å². The van der Waals surface area contributed by atoms with Crippen LogP contribution in [0.25, 0.3) is 0 Å². The second-order valence-electron chi connectivity index (χ2n) is 5.00. The molecule has 88 valence electrons. The molecule has 0 aliphatic carbocycles. The van der Waals surface area contributed by atoms with E-state index in [9.17, 15) is 0 Å². The molecule has 0 saturated carbocycles. The van der Waals surface area contributed by atoms with Gasteiger partial charge in [-0.25, -0.2) is 0 Å². The van der Waals surface area contributed by atoms with Gasteiger partial charge in [-0.15, -0.1) is 0 Å². The molecule has 0 saturated heterocycles. The SMILES string of the molecule is CC(CO)C(C)NCCCC(C)(C)C#N. The highest BCUT2D eigenvalue weighted by Gasteiger charge is 2.16. The number of hydrogen-bond donors (Lipinski definition) is 2. The van der Waals surface area contributed by atoms with Crippen molar-refractivity contribution in [1.82, 2.24) is 5.32 Å². The Morgan fingerprint density at radius 3 is 2.47 bits per heavy atom. The third kappa shape index (κ3) is 6.48. The maximum atomic E-state index is 8.95. The van der Waals surface area contributed by atoms with Gasteiger partial charge >= 0.3 is 0 Å². The summed E-state index contributed by atoms with van der Waals surface area (Å²) in [5, 5.41) is 21.1. The van der Waals surface area contributed by atoms with Crippen LogP contribution in [-0.2, 0) is 0 Å². The normalized spacial score (nSPS) is 15.7. The summed E-state index contributed by atoms with van der Waals surface area (Å²) in [7, 11) is 0. The van der Waals surface area contributed by atoms with Crippen LogP contribution in [0.1, 0.15) is 40.5 Å². The Morgan fingerprint density at radius 1 is 1.40 bits per heavy atom. The second kappa shape index (κ2) is 6.81. The fourth-order valence-corrected chi connectivity index (χ4v) is 1.28. The Kier molecular flexibility index (Phi) is 6.55. The van der Waals surface area contributed by atoms with E-state index in [1.165, 1.54) is 0 Å². The fraction of sp³-hybridized carbons (Fsp3) is 0.917. The van der Waals surface area contributed by atoms with E-state index >= 15 is 0 Å². The largest absolute Gasteiger partial charge is 0.396 e. The van der Waals surface area contributed by atoms with Gasteiger partial charge in [0.05, 0.1) is 11.5 Å². The molecule has 0 aromatic carbocycles. The molecule has 0 rings (SSSR count). The molecule has 15 heavy (non-hydrogen) atoms. The molecule has 2 unspecified atom stereocenters. The van der Waals surface area contributed by atoms with Gasteiger partial charge in [-0.2, -0.15) is 5.26 Å². The summed E-state index contributed by atoms with van der Waals surface area (Å²) in [4.78, 5) is 0. The van der Waals surface area contributed by atoms with Gasteiger partial charge in [-0.3, -0.25) is 0 Å². The van der Waals surface area contributed by atoms with Crippen molar-refractivity contribution >= 4 is 0 Å². The third-order valence-electron chi connectivity index (χ3n) is 2.89. The standard InChI is InChI=1S/C12H24N2O/c1-10(8-15)11(2)14-7-5-6-12(3,4)9-13/h10-11,14-15H,5-8H2,1-4H3. The summed E-state index contributed by atoms with van der Waals surface area (Å²) in [6, 6.07) is 2.63. The molecular weight excluding hydrogens is 188 g/mol. The van der Waals surface area contributed by atoms with Crippen molar-refractivity contribution in [3.63, 3.8) is 0 Å². The minimum absolute atomic E-state index is 0.215. The van der Waals surface area contributed by atoms with E-state index in [0.29, 0.717) is 6.04 Å². The van der Waals surface area contributed by atoms with Crippen LogP contribution >= 0.6 is 0 Å². The lowest BCUT2D eigenvalue weighted by Gasteiger charge is -2.20. The molecular formula is C12H24N2O. The zero-order valence-corrected chi connectivity index (χ0v) is 10.4. The van der Waals surface area contributed by atoms with E-state index in [0.717, 1.165) is 19.4 Å². The van der Waals surface area contributed by atoms with Gasteiger partial charge in [-0.05, 0) is 46.1 Å². The molecule has 0 spiro atoms. The molecule has 0 aliphatic heterocycles. The molecule has 0 amide bonds. The Bertz CT molecular complexity index is 208. The topological polar surface area (TPSA) is 56.0 Å². The highest BCUT2D eigenvalue weighted by Crippen LogP contribution is 2.20. The van der Waals surface area contributed by atoms with E-state index in [1.54, 1.807) is 0 Å². The van der Waals surface area contributed by atoms with E-state index in [-0.39, 0.29) is 17.9 Å². The average Bonchev–Trinajstić information content (AvgIpc) is 2.22. The van der Waals surface area contributed by atoms with Gasteiger partial charge < -0.3 is 10.4 Å². The number of aliphatic hydroxyl groups excluding tert-OH is 1. The first kappa shape index (κ1) is 14.4. The Labute approximate surface area is 93.5 Å². The molecule has 0 radical (unpaired) electrons. The van der Waals surface area contributed by atoms with Crippen molar-refractivity contribution in [2.24, 2.45) is 11.3 Å². The lowest BCUT2D eigenvalue weighted by molar-refractivity contribution is 0.206. The van der Waals surface area contributed by atoms with Crippen LogP contribution in [0.4, 0.5) is 0 Å². The van der Waals surface area contributed by atoms with Crippen LogP contribution in [0, 0.1) is 22.7 Å².